The molecule has 4 rings (SSSR count). The van der Waals surface area contributed by atoms with Gasteiger partial charge >= 0.3 is 6.03 Å². The van der Waals surface area contributed by atoms with Crippen LogP contribution in [0.2, 0.25) is 0 Å². The van der Waals surface area contributed by atoms with E-state index < -0.39 is 0 Å². The lowest BCUT2D eigenvalue weighted by Crippen LogP contribution is -2.49. The van der Waals surface area contributed by atoms with Crippen LogP contribution in [0.1, 0.15) is 48.0 Å². The predicted molar refractivity (Wildman–Crippen MR) is 93.4 cm³/mol. The minimum absolute atomic E-state index is 0.0622. The summed E-state index contributed by atoms with van der Waals surface area (Å²) in [5.41, 5.74) is 2.79. The molecule has 0 radical (unpaired) electrons. The lowest BCUT2D eigenvalue weighted by molar-refractivity contribution is 0.175. The normalized spacial score (nSPS) is 21.0. The van der Waals surface area contributed by atoms with Crippen molar-refractivity contribution < 1.29 is 9.32 Å². The zero-order valence-corrected chi connectivity index (χ0v) is 14.6. The van der Waals surface area contributed by atoms with Gasteiger partial charge in [0.2, 0.25) is 5.89 Å². The molecule has 6 nitrogen and oxygen atoms in total. The Morgan fingerprint density at radius 1 is 1.20 bits per heavy atom. The van der Waals surface area contributed by atoms with Crippen molar-refractivity contribution in [3.63, 3.8) is 0 Å². The number of rotatable bonds is 2. The molecule has 25 heavy (non-hydrogen) atoms. The molecule has 1 atom stereocenters. The highest BCUT2D eigenvalue weighted by atomic mass is 16.5. The molecule has 1 fully saturated rings. The number of carbonyl (C=O) groups is 1. The first-order valence-electron chi connectivity index (χ1n) is 9.11. The minimum Gasteiger partial charge on any atom is -0.340 e. The second kappa shape index (κ2) is 6.86. The van der Waals surface area contributed by atoms with E-state index in [9.17, 15) is 4.79 Å². The number of fused-ring (bicyclic) bond motifs is 1. The third kappa shape index (κ3) is 3.52. The number of aryl methyl sites for hydroxylation is 2. The average Bonchev–Trinajstić information content (AvgIpc) is 3.08. The first-order valence-corrected chi connectivity index (χ1v) is 9.11. The summed E-state index contributed by atoms with van der Waals surface area (Å²) in [6.45, 7) is 3.29. The second-order valence-electron chi connectivity index (χ2n) is 7.09. The highest BCUT2D eigenvalue weighted by molar-refractivity contribution is 5.74. The van der Waals surface area contributed by atoms with Crippen LogP contribution in [0.4, 0.5) is 4.79 Å². The number of urea groups is 1. The molecule has 1 aliphatic heterocycles. The van der Waals surface area contributed by atoms with Gasteiger partial charge in [0.15, 0.2) is 5.82 Å². The minimum atomic E-state index is 0.0622. The van der Waals surface area contributed by atoms with Crippen molar-refractivity contribution in [2.24, 2.45) is 0 Å². The number of benzene rings is 1. The lowest BCUT2D eigenvalue weighted by atomic mass is 9.88. The Hall–Kier alpha value is -2.37. The monoisotopic (exact) mass is 340 g/mol. The average molecular weight is 340 g/mol. The topological polar surface area (TPSA) is 71.3 Å². The third-order valence-electron chi connectivity index (χ3n) is 5.37. The molecule has 132 valence electrons. The Kier molecular flexibility index (Phi) is 4.42. The van der Waals surface area contributed by atoms with Crippen LogP contribution in [0.3, 0.4) is 0 Å². The van der Waals surface area contributed by atoms with E-state index in [1.807, 2.05) is 4.90 Å². The molecule has 1 aromatic heterocycles. The van der Waals surface area contributed by atoms with Crippen LogP contribution >= 0.6 is 0 Å². The molecule has 1 aliphatic carbocycles. The quantitative estimate of drug-likeness (QED) is 0.912. The third-order valence-corrected chi connectivity index (χ3v) is 5.37. The molecule has 1 saturated heterocycles. The Morgan fingerprint density at radius 3 is 2.68 bits per heavy atom. The summed E-state index contributed by atoms with van der Waals surface area (Å²) in [6, 6.07) is 8.83. The van der Waals surface area contributed by atoms with Crippen LogP contribution in [-0.2, 0) is 12.8 Å². The van der Waals surface area contributed by atoms with E-state index in [0.717, 1.165) is 51.0 Å². The maximum Gasteiger partial charge on any atom is 0.317 e. The lowest BCUT2D eigenvalue weighted by Gasteiger charge is -2.33. The number of amides is 2. The van der Waals surface area contributed by atoms with Crippen molar-refractivity contribution >= 4 is 6.03 Å². The number of piperidine rings is 1. The second-order valence-corrected chi connectivity index (χ2v) is 7.09. The zero-order chi connectivity index (χ0) is 17.2. The van der Waals surface area contributed by atoms with Crippen LogP contribution < -0.4 is 5.32 Å². The Balaban J connectivity index is 1.30. The van der Waals surface area contributed by atoms with Gasteiger partial charge in [-0.3, -0.25) is 0 Å². The van der Waals surface area contributed by atoms with Gasteiger partial charge in [-0.25, -0.2) is 4.79 Å². The zero-order valence-electron chi connectivity index (χ0n) is 14.6. The summed E-state index contributed by atoms with van der Waals surface area (Å²) in [6.07, 6.45) is 4.77. The van der Waals surface area contributed by atoms with Crippen molar-refractivity contribution in [3.05, 3.63) is 47.1 Å². The highest BCUT2D eigenvalue weighted by Crippen LogP contribution is 2.26. The molecule has 0 saturated carbocycles. The Bertz CT molecular complexity index is 749. The maximum atomic E-state index is 12.6. The molecule has 0 bridgehead atoms. The van der Waals surface area contributed by atoms with Crippen LogP contribution in [-0.4, -0.2) is 40.2 Å². The molecular formula is C19H24N4O2. The largest absolute Gasteiger partial charge is 0.340 e. The molecule has 2 aliphatic rings. The number of carbonyl (C=O) groups excluding carboxylic acids is 1. The smallest absolute Gasteiger partial charge is 0.317 e. The SMILES string of the molecule is Cc1nc(C2CCN(C(=O)NC3CCc4ccccc4C3)CC2)no1. The van der Waals surface area contributed by atoms with Crippen LogP contribution in [0.15, 0.2) is 28.8 Å². The van der Waals surface area contributed by atoms with Gasteiger partial charge in [0.05, 0.1) is 0 Å². The summed E-state index contributed by atoms with van der Waals surface area (Å²) in [4.78, 5) is 18.8. The molecule has 6 heteroatoms. The summed E-state index contributed by atoms with van der Waals surface area (Å²) < 4.78 is 5.07. The molecular weight excluding hydrogens is 316 g/mol. The molecule has 2 aromatic rings. The molecule has 1 unspecified atom stereocenters. The van der Waals surface area contributed by atoms with Crippen LogP contribution in [0.25, 0.3) is 0 Å². The summed E-state index contributed by atoms with van der Waals surface area (Å²) in [5, 5.41) is 7.24. The van der Waals surface area contributed by atoms with Gasteiger partial charge in [-0.15, -0.1) is 0 Å². The van der Waals surface area contributed by atoms with E-state index in [4.69, 9.17) is 4.52 Å². The first kappa shape index (κ1) is 16.1. The fourth-order valence-corrected chi connectivity index (χ4v) is 3.91. The van der Waals surface area contributed by atoms with Gasteiger partial charge in [0, 0.05) is 32.0 Å². The summed E-state index contributed by atoms with van der Waals surface area (Å²) >= 11 is 0. The number of hydrogen-bond donors (Lipinski definition) is 1. The molecule has 2 heterocycles. The van der Waals surface area contributed by atoms with E-state index in [2.05, 4.69) is 39.7 Å². The van der Waals surface area contributed by atoms with Gasteiger partial charge in [-0.2, -0.15) is 4.98 Å². The fourth-order valence-electron chi connectivity index (χ4n) is 3.91. The number of nitrogens with zero attached hydrogens (tertiary/aromatic N) is 3. The van der Waals surface area contributed by atoms with Crippen molar-refractivity contribution in [3.8, 4) is 0 Å². The van der Waals surface area contributed by atoms with Gasteiger partial charge in [0.25, 0.3) is 0 Å². The number of hydrogen-bond acceptors (Lipinski definition) is 4. The van der Waals surface area contributed by atoms with E-state index in [1.54, 1.807) is 6.92 Å². The molecule has 0 spiro atoms. The number of nitrogens with one attached hydrogen (secondary N) is 1. The van der Waals surface area contributed by atoms with Crippen LogP contribution in [0.5, 0.6) is 0 Å². The van der Waals surface area contributed by atoms with Gasteiger partial charge < -0.3 is 14.7 Å². The van der Waals surface area contributed by atoms with Crippen molar-refractivity contribution in [2.45, 2.75) is 51.0 Å². The maximum absolute atomic E-state index is 12.6. The summed E-state index contributed by atoms with van der Waals surface area (Å²) in [7, 11) is 0. The van der Waals surface area contributed by atoms with Gasteiger partial charge in [0.1, 0.15) is 0 Å². The standard InChI is InChI=1S/C19H24N4O2/c1-13-20-18(22-25-13)15-8-10-23(11-9-15)19(24)21-17-7-6-14-4-2-3-5-16(14)12-17/h2-5,15,17H,6-12H2,1H3,(H,21,24). The van der Waals surface area contributed by atoms with Crippen molar-refractivity contribution in [1.82, 2.24) is 20.4 Å². The number of aromatic nitrogens is 2. The van der Waals surface area contributed by atoms with E-state index in [0.29, 0.717) is 11.8 Å². The van der Waals surface area contributed by atoms with Crippen molar-refractivity contribution in [1.29, 1.82) is 0 Å². The molecule has 1 N–H and O–H groups in total. The highest BCUT2D eigenvalue weighted by Gasteiger charge is 2.28. The Labute approximate surface area is 147 Å². The van der Waals surface area contributed by atoms with Gasteiger partial charge in [-0.05, 0) is 43.2 Å². The Morgan fingerprint density at radius 2 is 1.96 bits per heavy atom. The fraction of sp³-hybridized carbons (Fsp3) is 0.526. The first-order chi connectivity index (χ1) is 12.2. The summed E-state index contributed by atoms with van der Waals surface area (Å²) in [5.74, 6) is 1.68. The van der Waals surface area contributed by atoms with E-state index in [-0.39, 0.29) is 12.1 Å². The molecule has 2 amide bonds. The number of likely N-dealkylation sites (tertiary alicyclic amines) is 1. The van der Waals surface area contributed by atoms with E-state index >= 15 is 0 Å². The van der Waals surface area contributed by atoms with Gasteiger partial charge in [-0.1, -0.05) is 29.4 Å². The van der Waals surface area contributed by atoms with E-state index in [1.165, 1.54) is 11.1 Å². The predicted octanol–water partition coefficient (Wildman–Crippen LogP) is 2.82. The molecule has 1 aromatic carbocycles. The van der Waals surface area contributed by atoms with Crippen LogP contribution in [0, 0.1) is 6.92 Å². The van der Waals surface area contributed by atoms with Crippen molar-refractivity contribution in [2.75, 3.05) is 13.1 Å².